The molecule has 1 saturated carbocycles. The van der Waals surface area contributed by atoms with Gasteiger partial charge < -0.3 is 0 Å². The lowest BCUT2D eigenvalue weighted by Gasteiger charge is -2.08. The third-order valence-electron chi connectivity index (χ3n) is 1.89. The lowest BCUT2D eigenvalue weighted by molar-refractivity contribution is 0.612. The van der Waals surface area contributed by atoms with Crippen molar-refractivity contribution in [3.63, 3.8) is 0 Å². The summed E-state index contributed by atoms with van der Waals surface area (Å²) >= 11 is 0. The van der Waals surface area contributed by atoms with Crippen molar-refractivity contribution in [3.8, 4) is 0 Å². The van der Waals surface area contributed by atoms with Gasteiger partial charge in [0, 0.05) is 0 Å². The SMILES string of the molecule is C=C1[CH]CCCCCC1. The van der Waals surface area contributed by atoms with Gasteiger partial charge in [0.05, 0.1) is 0 Å². The number of hydrogen-bond acceptors (Lipinski definition) is 0. The van der Waals surface area contributed by atoms with Crippen molar-refractivity contribution in [2.75, 3.05) is 0 Å². The highest BCUT2D eigenvalue weighted by atomic mass is 14.1. The van der Waals surface area contributed by atoms with Gasteiger partial charge in [0.25, 0.3) is 0 Å². The van der Waals surface area contributed by atoms with E-state index in [1.165, 1.54) is 44.1 Å². The van der Waals surface area contributed by atoms with Gasteiger partial charge in [-0.3, -0.25) is 0 Å². The van der Waals surface area contributed by atoms with Crippen LogP contribution in [0.25, 0.3) is 0 Å². The van der Waals surface area contributed by atoms with Gasteiger partial charge in [0.1, 0.15) is 0 Å². The summed E-state index contributed by atoms with van der Waals surface area (Å²) in [4.78, 5) is 0. The Balaban J connectivity index is 2.20. The first-order valence-corrected chi connectivity index (χ1v) is 3.90. The zero-order valence-corrected chi connectivity index (χ0v) is 6.03. The van der Waals surface area contributed by atoms with Gasteiger partial charge >= 0.3 is 0 Å². The van der Waals surface area contributed by atoms with E-state index >= 15 is 0 Å². The smallest absolute Gasteiger partial charge is 0.0140 e. The third kappa shape index (κ3) is 2.69. The summed E-state index contributed by atoms with van der Waals surface area (Å²) in [6.45, 7) is 3.96. The molecule has 0 aromatic heterocycles. The Morgan fingerprint density at radius 1 is 1.11 bits per heavy atom. The van der Waals surface area contributed by atoms with Crippen molar-refractivity contribution in [3.05, 3.63) is 18.6 Å². The Labute approximate surface area is 58.0 Å². The average Bonchev–Trinajstić information content (AvgIpc) is 1.79. The number of hydrogen-bond donors (Lipinski definition) is 0. The Kier molecular flexibility index (Phi) is 2.82. The molecule has 0 aliphatic heterocycles. The molecule has 0 amide bonds. The van der Waals surface area contributed by atoms with Crippen molar-refractivity contribution in [2.24, 2.45) is 0 Å². The predicted molar refractivity (Wildman–Crippen MR) is 41.1 cm³/mol. The van der Waals surface area contributed by atoms with Crippen molar-refractivity contribution in [2.45, 2.75) is 38.5 Å². The molecule has 0 nitrogen and oxygen atoms in total. The lowest BCUT2D eigenvalue weighted by atomic mass is 9.98. The minimum absolute atomic E-state index is 1.24. The molecule has 0 spiro atoms. The molecule has 51 valence electrons. The molecule has 0 unspecified atom stereocenters. The summed E-state index contributed by atoms with van der Waals surface area (Å²) in [6, 6.07) is 0. The molecule has 0 atom stereocenters. The summed E-state index contributed by atoms with van der Waals surface area (Å²) in [6.07, 6.45) is 10.4. The summed E-state index contributed by atoms with van der Waals surface area (Å²) in [7, 11) is 0. The fraction of sp³-hybridized carbons (Fsp3) is 0.667. The average molecular weight is 123 g/mol. The first-order chi connectivity index (χ1) is 4.39. The molecule has 0 heterocycles. The standard InChI is InChI=1S/C9H15/c1-9-7-5-3-2-4-6-8-9/h7H,1-6,8H2. The highest BCUT2D eigenvalue weighted by Crippen LogP contribution is 2.18. The molecule has 0 saturated heterocycles. The van der Waals surface area contributed by atoms with E-state index in [1.807, 2.05) is 0 Å². The Bertz CT molecular complexity index is 82.2. The Hall–Kier alpha value is -0.260. The second-order valence-corrected chi connectivity index (χ2v) is 2.82. The van der Waals surface area contributed by atoms with Gasteiger partial charge in [0.2, 0.25) is 0 Å². The van der Waals surface area contributed by atoms with E-state index in [-0.39, 0.29) is 0 Å². The van der Waals surface area contributed by atoms with Crippen molar-refractivity contribution in [1.82, 2.24) is 0 Å². The van der Waals surface area contributed by atoms with Crippen LogP contribution in [0.1, 0.15) is 38.5 Å². The third-order valence-corrected chi connectivity index (χ3v) is 1.89. The largest absolute Gasteiger partial charge is 0.0996 e. The van der Waals surface area contributed by atoms with Gasteiger partial charge in [-0.2, -0.15) is 0 Å². The highest BCUT2D eigenvalue weighted by molar-refractivity contribution is 5.07. The van der Waals surface area contributed by atoms with Gasteiger partial charge in [-0.1, -0.05) is 31.4 Å². The van der Waals surface area contributed by atoms with E-state index in [0.717, 1.165) is 0 Å². The van der Waals surface area contributed by atoms with Gasteiger partial charge in [-0.05, 0) is 25.7 Å². The summed E-state index contributed by atoms with van der Waals surface area (Å²) in [5, 5.41) is 0. The molecule has 1 radical (unpaired) electrons. The number of allylic oxidation sites excluding steroid dienone is 1. The molecule has 0 N–H and O–H groups in total. The van der Waals surface area contributed by atoms with Crippen LogP contribution in [0.5, 0.6) is 0 Å². The van der Waals surface area contributed by atoms with Crippen LogP contribution < -0.4 is 0 Å². The topological polar surface area (TPSA) is 0 Å². The molecule has 1 aliphatic rings. The monoisotopic (exact) mass is 123 g/mol. The number of rotatable bonds is 0. The van der Waals surface area contributed by atoms with E-state index in [1.54, 1.807) is 0 Å². The van der Waals surface area contributed by atoms with Crippen molar-refractivity contribution in [1.29, 1.82) is 0 Å². The molecular formula is C9H15. The predicted octanol–water partition coefficient (Wildman–Crippen LogP) is 3.10. The van der Waals surface area contributed by atoms with Gasteiger partial charge in [-0.25, -0.2) is 0 Å². The summed E-state index contributed by atoms with van der Waals surface area (Å²) < 4.78 is 0. The van der Waals surface area contributed by atoms with Crippen LogP contribution in [0.2, 0.25) is 0 Å². The Morgan fingerprint density at radius 2 is 1.89 bits per heavy atom. The van der Waals surface area contributed by atoms with Crippen molar-refractivity contribution < 1.29 is 0 Å². The van der Waals surface area contributed by atoms with Crippen LogP contribution in [-0.2, 0) is 0 Å². The van der Waals surface area contributed by atoms with Gasteiger partial charge in [-0.15, -0.1) is 0 Å². The quantitative estimate of drug-likeness (QED) is 0.464. The second-order valence-electron chi connectivity index (χ2n) is 2.82. The second kappa shape index (κ2) is 3.71. The van der Waals surface area contributed by atoms with E-state index in [0.29, 0.717) is 0 Å². The lowest BCUT2D eigenvalue weighted by Crippen LogP contribution is -1.90. The van der Waals surface area contributed by atoms with Crippen LogP contribution in [-0.4, -0.2) is 0 Å². The van der Waals surface area contributed by atoms with Crippen LogP contribution in [0.15, 0.2) is 12.2 Å². The maximum Gasteiger partial charge on any atom is -0.0140 e. The Morgan fingerprint density at radius 3 is 2.78 bits per heavy atom. The summed E-state index contributed by atoms with van der Waals surface area (Å²) in [5.74, 6) is 0. The molecular weight excluding hydrogens is 108 g/mol. The van der Waals surface area contributed by atoms with E-state index in [4.69, 9.17) is 0 Å². The maximum atomic E-state index is 3.96. The molecule has 1 aliphatic carbocycles. The molecule has 9 heavy (non-hydrogen) atoms. The minimum atomic E-state index is 1.24. The van der Waals surface area contributed by atoms with E-state index in [2.05, 4.69) is 13.0 Å². The first kappa shape index (κ1) is 6.85. The molecule has 0 aromatic carbocycles. The normalized spacial score (nSPS) is 22.9. The van der Waals surface area contributed by atoms with E-state index in [9.17, 15) is 0 Å². The van der Waals surface area contributed by atoms with Crippen LogP contribution in [0, 0.1) is 6.42 Å². The van der Waals surface area contributed by atoms with Crippen LogP contribution in [0.4, 0.5) is 0 Å². The van der Waals surface area contributed by atoms with Crippen LogP contribution in [0.3, 0.4) is 0 Å². The first-order valence-electron chi connectivity index (χ1n) is 3.90. The fourth-order valence-electron chi connectivity index (χ4n) is 1.26. The molecule has 0 bridgehead atoms. The summed E-state index contributed by atoms with van der Waals surface area (Å²) in [5.41, 5.74) is 1.36. The zero-order valence-electron chi connectivity index (χ0n) is 6.03. The molecule has 1 rings (SSSR count). The van der Waals surface area contributed by atoms with Crippen molar-refractivity contribution >= 4 is 0 Å². The highest BCUT2D eigenvalue weighted by Gasteiger charge is 1.99. The molecule has 0 heteroatoms. The van der Waals surface area contributed by atoms with E-state index < -0.39 is 0 Å². The van der Waals surface area contributed by atoms with Gasteiger partial charge in [0.15, 0.2) is 0 Å². The maximum absolute atomic E-state index is 3.96. The fourth-order valence-corrected chi connectivity index (χ4v) is 1.26. The van der Waals surface area contributed by atoms with Crippen LogP contribution >= 0.6 is 0 Å². The molecule has 1 fully saturated rings. The zero-order chi connectivity index (χ0) is 6.53. The minimum Gasteiger partial charge on any atom is -0.0996 e. The molecule has 0 aromatic rings.